The van der Waals surface area contributed by atoms with Gasteiger partial charge in [-0.25, -0.2) is 0 Å². The van der Waals surface area contributed by atoms with E-state index < -0.39 is 0 Å². The number of methoxy groups -OCH3 is 1. The minimum atomic E-state index is 0.220. The number of hydrogen-bond donors (Lipinski definition) is 0. The number of allylic oxidation sites excluding steroid dienone is 1. The van der Waals surface area contributed by atoms with Crippen LogP contribution in [0.2, 0.25) is 0 Å². The van der Waals surface area contributed by atoms with Crippen molar-refractivity contribution in [2.75, 3.05) is 7.11 Å². The van der Waals surface area contributed by atoms with E-state index in [4.69, 9.17) is 4.74 Å². The highest BCUT2D eigenvalue weighted by molar-refractivity contribution is 8.18. The summed E-state index contributed by atoms with van der Waals surface area (Å²) in [5.41, 5.74) is 2.93. The lowest BCUT2D eigenvalue weighted by atomic mass is 10.2. The Kier molecular flexibility index (Phi) is 4.05. The summed E-state index contributed by atoms with van der Waals surface area (Å²) < 4.78 is 5.22. The predicted octanol–water partition coefficient (Wildman–Crippen LogP) is 3.13. The van der Waals surface area contributed by atoms with Crippen LogP contribution in [0.1, 0.15) is 20.3 Å². The molecule has 0 aromatic heterocycles. The summed E-state index contributed by atoms with van der Waals surface area (Å²) in [6.07, 6.45) is 2.90. The van der Waals surface area contributed by atoms with E-state index in [1.165, 1.54) is 0 Å². The molecular formula is C11H15NOS. The van der Waals surface area contributed by atoms with Gasteiger partial charge in [-0.15, -0.1) is 5.73 Å². The molecule has 0 saturated carbocycles. The van der Waals surface area contributed by atoms with Gasteiger partial charge in [0.15, 0.2) is 0 Å². The van der Waals surface area contributed by atoms with Crippen LogP contribution < -0.4 is 0 Å². The highest BCUT2D eigenvalue weighted by atomic mass is 32.2. The number of ether oxygens (including phenoxy) is 1. The molecule has 0 N–H and O–H groups in total. The molecule has 76 valence electrons. The summed E-state index contributed by atoms with van der Waals surface area (Å²) in [5.74, 6) is 0.832. The molecule has 0 aromatic rings. The lowest BCUT2D eigenvalue weighted by Gasteiger charge is -2.02. The van der Waals surface area contributed by atoms with Gasteiger partial charge in [0.25, 0.3) is 0 Å². The Balaban J connectivity index is 2.91. The van der Waals surface area contributed by atoms with Gasteiger partial charge in [-0.1, -0.05) is 25.3 Å². The predicted molar refractivity (Wildman–Crippen MR) is 62.5 cm³/mol. The van der Waals surface area contributed by atoms with Crippen molar-refractivity contribution in [2.24, 2.45) is 4.99 Å². The molecule has 3 heteroatoms. The normalized spacial score (nSPS) is 21.9. The van der Waals surface area contributed by atoms with E-state index in [0.29, 0.717) is 0 Å². The largest absolute Gasteiger partial charge is 0.494 e. The van der Waals surface area contributed by atoms with Gasteiger partial charge in [0.2, 0.25) is 0 Å². The van der Waals surface area contributed by atoms with Crippen molar-refractivity contribution in [2.45, 2.75) is 26.3 Å². The fourth-order valence-corrected chi connectivity index (χ4v) is 2.39. The van der Waals surface area contributed by atoms with Gasteiger partial charge in [-0.05, 0) is 19.4 Å². The Morgan fingerprint density at radius 3 is 2.86 bits per heavy atom. The maximum Gasteiger partial charge on any atom is 0.146 e. The first-order valence-electron chi connectivity index (χ1n) is 4.63. The van der Waals surface area contributed by atoms with Crippen molar-refractivity contribution in [3.8, 4) is 0 Å². The fourth-order valence-electron chi connectivity index (χ4n) is 1.27. The minimum absolute atomic E-state index is 0.220. The number of rotatable bonds is 3. The summed E-state index contributed by atoms with van der Waals surface area (Å²) in [4.78, 5) is 5.64. The molecule has 0 fully saturated rings. The molecular weight excluding hydrogens is 194 g/mol. The SMILES string of the molecule is C=C=C1SC(/C(=C/C)OC)=NC1CC. The highest BCUT2D eigenvalue weighted by Crippen LogP contribution is 2.34. The van der Waals surface area contributed by atoms with E-state index in [0.717, 1.165) is 22.1 Å². The fraction of sp³-hybridized carbons (Fsp3) is 0.455. The molecule has 2 nitrogen and oxygen atoms in total. The molecule has 0 radical (unpaired) electrons. The number of hydrogen-bond acceptors (Lipinski definition) is 3. The van der Waals surface area contributed by atoms with Crippen LogP contribution in [0, 0.1) is 0 Å². The van der Waals surface area contributed by atoms with E-state index >= 15 is 0 Å². The lowest BCUT2D eigenvalue weighted by Crippen LogP contribution is -1.99. The van der Waals surface area contributed by atoms with Crippen LogP contribution in [0.5, 0.6) is 0 Å². The molecule has 1 atom stereocenters. The van der Waals surface area contributed by atoms with Crippen molar-refractivity contribution >= 4 is 16.8 Å². The second kappa shape index (κ2) is 5.08. The minimum Gasteiger partial charge on any atom is -0.494 e. The molecule has 0 spiro atoms. The molecule has 1 heterocycles. The zero-order valence-corrected chi connectivity index (χ0v) is 9.65. The number of aliphatic imine (C=N–C) groups is 1. The van der Waals surface area contributed by atoms with Crippen molar-refractivity contribution in [3.05, 3.63) is 29.1 Å². The van der Waals surface area contributed by atoms with Crippen LogP contribution >= 0.6 is 11.8 Å². The lowest BCUT2D eigenvalue weighted by molar-refractivity contribution is 0.315. The van der Waals surface area contributed by atoms with Crippen LogP contribution in [-0.4, -0.2) is 18.2 Å². The van der Waals surface area contributed by atoms with Crippen LogP contribution in [0.15, 0.2) is 34.0 Å². The zero-order chi connectivity index (χ0) is 10.6. The molecule has 0 bridgehead atoms. The summed E-state index contributed by atoms with van der Waals surface area (Å²) >= 11 is 1.60. The van der Waals surface area contributed by atoms with E-state index in [-0.39, 0.29) is 6.04 Å². The summed E-state index contributed by atoms with van der Waals surface area (Å²) in [5, 5.41) is 0.938. The topological polar surface area (TPSA) is 21.6 Å². The van der Waals surface area contributed by atoms with Crippen LogP contribution in [0.3, 0.4) is 0 Å². The molecule has 0 aromatic carbocycles. The van der Waals surface area contributed by atoms with Gasteiger partial charge >= 0.3 is 0 Å². The van der Waals surface area contributed by atoms with Crippen LogP contribution in [-0.2, 0) is 4.74 Å². The van der Waals surface area contributed by atoms with E-state index in [1.807, 2.05) is 13.0 Å². The zero-order valence-electron chi connectivity index (χ0n) is 8.83. The van der Waals surface area contributed by atoms with Gasteiger partial charge in [0.1, 0.15) is 10.8 Å². The summed E-state index contributed by atoms with van der Waals surface area (Å²) in [6.45, 7) is 7.72. The van der Waals surface area contributed by atoms with Crippen LogP contribution in [0.25, 0.3) is 0 Å². The third-order valence-electron chi connectivity index (χ3n) is 2.04. The van der Waals surface area contributed by atoms with Gasteiger partial charge in [-0.2, -0.15) is 0 Å². The van der Waals surface area contributed by atoms with Gasteiger partial charge in [0.05, 0.1) is 18.1 Å². The summed E-state index contributed by atoms with van der Waals surface area (Å²) in [7, 11) is 1.66. The van der Waals surface area contributed by atoms with Crippen molar-refractivity contribution in [3.63, 3.8) is 0 Å². The highest BCUT2D eigenvalue weighted by Gasteiger charge is 2.24. The quantitative estimate of drug-likeness (QED) is 0.526. The number of thioether (sulfide) groups is 1. The second-order valence-electron chi connectivity index (χ2n) is 2.86. The van der Waals surface area contributed by atoms with Crippen LogP contribution in [0.4, 0.5) is 0 Å². The molecule has 0 aliphatic carbocycles. The Morgan fingerprint density at radius 1 is 1.79 bits per heavy atom. The maximum absolute atomic E-state index is 5.22. The third-order valence-corrected chi connectivity index (χ3v) is 3.17. The smallest absolute Gasteiger partial charge is 0.146 e. The Labute approximate surface area is 89.4 Å². The third kappa shape index (κ3) is 2.11. The van der Waals surface area contributed by atoms with Crippen molar-refractivity contribution < 1.29 is 4.74 Å². The summed E-state index contributed by atoms with van der Waals surface area (Å²) in [6, 6.07) is 0.220. The van der Waals surface area contributed by atoms with E-state index in [1.54, 1.807) is 18.9 Å². The monoisotopic (exact) mass is 209 g/mol. The first-order valence-corrected chi connectivity index (χ1v) is 5.44. The maximum atomic E-state index is 5.22. The Hall–Kier alpha value is -0.920. The molecule has 0 saturated heterocycles. The van der Waals surface area contributed by atoms with E-state index in [2.05, 4.69) is 24.2 Å². The standard InChI is InChI=1S/C11H15NOS/c1-5-8-10(7-3)14-11(12-8)9(6-2)13-4/h6,8H,3,5H2,1-2,4H3/b9-6-. The van der Waals surface area contributed by atoms with Gasteiger partial charge < -0.3 is 4.74 Å². The Bertz CT molecular complexity index is 324. The average Bonchev–Trinajstić information content (AvgIpc) is 2.63. The van der Waals surface area contributed by atoms with Crippen molar-refractivity contribution in [1.29, 1.82) is 0 Å². The first-order chi connectivity index (χ1) is 6.76. The average molecular weight is 209 g/mol. The first kappa shape index (κ1) is 11.2. The second-order valence-corrected chi connectivity index (χ2v) is 3.89. The number of nitrogens with zero attached hydrogens (tertiary/aromatic N) is 1. The molecule has 0 amide bonds. The molecule has 1 aliphatic heterocycles. The molecule has 1 rings (SSSR count). The molecule has 1 aliphatic rings. The van der Waals surface area contributed by atoms with Gasteiger partial charge in [-0.3, -0.25) is 4.99 Å². The van der Waals surface area contributed by atoms with E-state index in [9.17, 15) is 0 Å². The van der Waals surface area contributed by atoms with Gasteiger partial charge in [0, 0.05) is 0 Å². The molecule has 1 unspecified atom stereocenters. The molecule has 14 heavy (non-hydrogen) atoms. The van der Waals surface area contributed by atoms with Crippen molar-refractivity contribution in [1.82, 2.24) is 0 Å². The Morgan fingerprint density at radius 2 is 2.50 bits per heavy atom.